The second-order valence-corrected chi connectivity index (χ2v) is 19.3. The lowest BCUT2D eigenvalue weighted by Gasteiger charge is -2.19. The fourth-order valence-corrected chi connectivity index (χ4v) is 8.78. The Morgan fingerprint density at radius 3 is 0.935 bits per heavy atom. The molecule has 0 aliphatic heterocycles. The normalized spacial score (nSPS) is 13.0. The number of amides is 1. The van der Waals surface area contributed by atoms with Gasteiger partial charge < -0.3 is 15.5 Å². The molecule has 0 fully saturated rings. The number of aliphatic hydroxyl groups is 2. The van der Waals surface area contributed by atoms with Crippen LogP contribution in [0.1, 0.15) is 309 Å². The number of hydrogen-bond acceptors (Lipinski definition) is 3. The Kier molecular flexibility index (Phi) is 52.7. The SMILES string of the molecule is CCCCCCCCCCC/C=C/CC/C=C/C(O)C(CO)NC(=O)CCCCCCCCCCCCCCCCCCC/C=C\CCCCCCCCCCCCCCCC. The van der Waals surface area contributed by atoms with Crippen molar-refractivity contribution in [1.82, 2.24) is 5.32 Å². The summed E-state index contributed by atoms with van der Waals surface area (Å²) in [6, 6.07) is -0.637. The monoisotopic (exact) mass is 870 g/mol. The number of rotatable bonds is 52. The molecule has 0 saturated heterocycles. The molecule has 4 nitrogen and oxygen atoms in total. The van der Waals surface area contributed by atoms with Crippen molar-refractivity contribution in [1.29, 1.82) is 0 Å². The maximum atomic E-state index is 12.4. The lowest BCUT2D eigenvalue weighted by Crippen LogP contribution is -2.45. The van der Waals surface area contributed by atoms with Gasteiger partial charge in [-0.1, -0.05) is 281 Å². The first-order valence-electron chi connectivity index (χ1n) is 28.2. The largest absolute Gasteiger partial charge is 0.394 e. The molecular weight excluding hydrogens is 759 g/mol. The Hall–Kier alpha value is -1.39. The molecule has 0 rings (SSSR count). The van der Waals surface area contributed by atoms with Crippen molar-refractivity contribution >= 4 is 5.91 Å². The molecule has 0 bridgehead atoms. The zero-order chi connectivity index (χ0) is 44.9. The number of allylic oxidation sites excluding steroid dienone is 5. The van der Waals surface area contributed by atoms with Gasteiger partial charge in [0.1, 0.15) is 0 Å². The highest BCUT2D eigenvalue weighted by Gasteiger charge is 2.18. The van der Waals surface area contributed by atoms with Gasteiger partial charge >= 0.3 is 0 Å². The Bertz CT molecular complexity index is 943. The summed E-state index contributed by atoms with van der Waals surface area (Å²) in [5, 5.41) is 23.1. The lowest BCUT2D eigenvalue weighted by atomic mass is 10.0. The Balaban J connectivity index is 3.43. The quantitative estimate of drug-likeness (QED) is 0.0421. The van der Waals surface area contributed by atoms with Crippen LogP contribution >= 0.6 is 0 Å². The van der Waals surface area contributed by atoms with Crippen molar-refractivity contribution in [2.75, 3.05) is 6.61 Å². The molecule has 62 heavy (non-hydrogen) atoms. The summed E-state index contributed by atoms with van der Waals surface area (Å²) in [5.41, 5.74) is 0. The molecule has 0 aromatic carbocycles. The van der Waals surface area contributed by atoms with Crippen molar-refractivity contribution in [2.24, 2.45) is 0 Å². The fourth-order valence-electron chi connectivity index (χ4n) is 8.78. The van der Waals surface area contributed by atoms with Gasteiger partial charge in [0.2, 0.25) is 5.91 Å². The van der Waals surface area contributed by atoms with Crippen LogP contribution in [0.25, 0.3) is 0 Å². The van der Waals surface area contributed by atoms with E-state index in [4.69, 9.17) is 0 Å². The molecule has 4 heteroatoms. The molecule has 2 atom stereocenters. The van der Waals surface area contributed by atoms with Crippen molar-refractivity contribution < 1.29 is 15.0 Å². The number of nitrogens with one attached hydrogen (secondary N) is 1. The maximum Gasteiger partial charge on any atom is 0.220 e. The Morgan fingerprint density at radius 1 is 0.371 bits per heavy atom. The molecular formula is C58H111NO3. The zero-order valence-corrected chi connectivity index (χ0v) is 42.2. The van der Waals surface area contributed by atoms with E-state index >= 15 is 0 Å². The summed E-state index contributed by atoms with van der Waals surface area (Å²) < 4.78 is 0. The van der Waals surface area contributed by atoms with Gasteiger partial charge in [-0.05, 0) is 57.8 Å². The third-order valence-corrected chi connectivity index (χ3v) is 13.1. The highest BCUT2D eigenvalue weighted by molar-refractivity contribution is 5.76. The summed E-state index contributed by atoms with van der Waals surface area (Å²) in [6.07, 6.45) is 73.2. The van der Waals surface area contributed by atoms with Crippen LogP contribution in [0.3, 0.4) is 0 Å². The van der Waals surface area contributed by atoms with Crippen molar-refractivity contribution in [3.63, 3.8) is 0 Å². The van der Waals surface area contributed by atoms with Crippen LogP contribution in [0.15, 0.2) is 36.5 Å². The molecule has 2 unspecified atom stereocenters. The molecule has 366 valence electrons. The van der Waals surface area contributed by atoms with Gasteiger partial charge in [-0.3, -0.25) is 4.79 Å². The summed E-state index contributed by atoms with van der Waals surface area (Å²) >= 11 is 0. The number of hydrogen-bond donors (Lipinski definition) is 3. The molecule has 0 heterocycles. The van der Waals surface area contributed by atoms with Gasteiger partial charge in [0.05, 0.1) is 18.8 Å². The van der Waals surface area contributed by atoms with Crippen LogP contribution in [0, 0.1) is 0 Å². The maximum absolute atomic E-state index is 12.4. The first kappa shape index (κ1) is 60.6. The van der Waals surface area contributed by atoms with Crippen LogP contribution in [0.2, 0.25) is 0 Å². The van der Waals surface area contributed by atoms with E-state index in [0.717, 1.165) is 32.1 Å². The number of carbonyl (C=O) groups is 1. The van der Waals surface area contributed by atoms with Crippen LogP contribution in [-0.2, 0) is 4.79 Å². The van der Waals surface area contributed by atoms with Crippen LogP contribution in [0.4, 0.5) is 0 Å². The Labute approximate surface area is 389 Å². The third-order valence-electron chi connectivity index (χ3n) is 13.1. The fraction of sp³-hybridized carbons (Fsp3) is 0.879. The van der Waals surface area contributed by atoms with Gasteiger partial charge in [0.25, 0.3) is 0 Å². The van der Waals surface area contributed by atoms with E-state index in [-0.39, 0.29) is 12.5 Å². The van der Waals surface area contributed by atoms with E-state index in [2.05, 4.69) is 43.5 Å². The number of unbranched alkanes of at least 4 members (excludes halogenated alkanes) is 41. The summed E-state index contributed by atoms with van der Waals surface area (Å²) in [4.78, 5) is 12.4. The average Bonchev–Trinajstić information content (AvgIpc) is 3.28. The van der Waals surface area contributed by atoms with Crippen molar-refractivity contribution in [3.8, 4) is 0 Å². The van der Waals surface area contributed by atoms with Crippen molar-refractivity contribution in [2.45, 2.75) is 321 Å². The van der Waals surface area contributed by atoms with Crippen LogP contribution in [0.5, 0.6) is 0 Å². The minimum Gasteiger partial charge on any atom is -0.394 e. The second-order valence-electron chi connectivity index (χ2n) is 19.3. The minimum absolute atomic E-state index is 0.0698. The molecule has 3 N–H and O–H groups in total. The predicted octanol–water partition coefficient (Wildman–Crippen LogP) is 18.5. The van der Waals surface area contributed by atoms with E-state index in [0.29, 0.717) is 6.42 Å². The van der Waals surface area contributed by atoms with E-state index in [1.54, 1.807) is 6.08 Å². The van der Waals surface area contributed by atoms with E-state index < -0.39 is 12.1 Å². The topological polar surface area (TPSA) is 69.6 Å². The van der Waals surface area contributed by atoms with E-state index in [1.165, 1.54) is 257 Å². The lowest BCUT2D eigenvalue weighted by molar-refractivity contribution is -0.123. The predicted molar refractivity (Wildman–Crippen MR) is 276 cm³/mol. The summed E-state index contributed by atoms with van der Waals surface area (Å²) in [7, 11) is 0. The first-order valence-corrected chi connectivity index (χ1v) is 28.2. The van der Waals surface area contributed by atoms with Gasteiger partial charge in [-0.25, -0.2) is 0 Å². The van der Waals surface area contributed by atoms with Gasteiger partial charge in [-0.15, -0.1) is 0 Å². The molecule has 0 aromatic rings. The molecule has 0 saturated carbocycles. The third kappa shape index (κ3) is 49.6. The van der Waals surface area contributed by atoms with Gasteiger partial charge in [-0.2, -0.15) is 0 Å². The van der Waals surface area contributed by atoms with Gasteiger partial charge in [0, 0.05) is 6.42 Å². The van der Waals surface area contributed by atoms with Crippen molar-refractivity contribution in [3.05, 3.63) is 36.5 Å². The summed E-state index contributed by atoms with van der Waals surface area (Å²) in [6.45, 7) is 4.32. The molecule has 0 aromatic heterocycles. The van der Waals surface area contributed by atoms with Gasteiger partial charge in [0.15, 0.2) is 0 Å². The molecule has 0 radical (unpaired) electrons. The van der Waals surface area contributed by atoms with E-state index in [1.807, 2.05) is 6.08 Å². The zero-order valence-electron chi connectivity index (χ0n) is 42.2. The molecule has 0 spiro atoms. The number of carbonyl (C=O) groups excluding carboxylic acids is 1. The van der Waals surface area contributed by atoms with E-state index in [9.17, 15) is 15.0 Å². The highest BCUT2D eigenvalue weighted by atomic mass is 16.3. The molecule has 1 amide bonds. The second kappa shape index (κ2) is 53.9. The van der Waals surface area contributed by atoms with Crippen LogP contribution in [-0.4, -0.2) is 34.9 Å². The minimum atomic E-state index is -0.860. The first-order chi connectivity index (χ1) is 30.7. The number of aliphatic hydroxyl groups excluding tert-OH is 2. The van der Waals surface area contributed by atoms with Crippen LogP contribution < -0.4 is 5.32 Å². The summed E-state index contributed by atoms with van der Waals surface area (Å²) in [5.74, 6) is -0.0698. The molecule has 0 aliphatic rings. The Morgan fingerprint density at radius 2 is 0.629 bits per heavy atom. The standard InChI is InChI=1S/C58H111NO3/c1-3-5-7-9-11-13-15-17-19-20-21-22-23-24-25-26-27-28-29-30-31-32-33-34-35-36-37-38-40-42-44-46-48-50-52-54-58(62)59-56(55-60)57(61)53-51-49-47-45-43-41-39-18-16-14-12-10-8-6-4-2/h26-27,43,45,51,53,56-57,60-61H,3-25,28-42,44,46-50,52,54-55H2,1-2H3,(H,59,62)/b27-26-,45-43+,53-51+. The average molecular weight is 871 g/mol. The molecule has 0 aliphatic carbocycles. The smallest absolute Gasteiger partial charge is 0.220 e. The highest BCUT2D eigenvalue weighted by Crippen LogP contribution is 2.17.